The second kappa shape index (κ2) is 5.64. The van der Waals surface area contributed by atoms with Crippen molar-refractivity contribution < 1.29 is 4.74 Å². The Kier molecular flexibility index (Phi) is 3.90. The summed E-state index contributed by atoms with van der Waals surface area (Å²) in [6, 6.07) is 15.2. The van der Waals surface area contributed by atoms with Gasteiger partial charge in [0.2, 0.25) is 0 Å². The standard InChI is InChI=1S/C17H19BrO/c1-2-16-15(10-11-19-16)17(18)14-9-5-7-12-6-3-4-8-13(12)14/h3-9,15-17H,2,10-11H2,1H3. The molecule has 2 aromatic rings. The number of hydrogen-bond acceptors (Lipinski definition) is 1. The van der Waals surface area contributed by atoms with E-state index in [2.05, 4.69) is 65.3 Å². The Morgan fingerprint density at radius 2 is 2.00 bits per heavy atom. The van der Waals surface area contributed by atoms with Crippen LogP contribution in [0.1, 0.15) is 30.2 Å². The summed E-state index contributed by atoms with van der Waals surface area (Å²) < 4.78 is 5.84. The average molecular weight is 319 g/mol. The van der Waals surface area contributed by atoms with Crippen molar-refractivity contribution in [2.75, 3.05) is 6.61 Å². The predicted octanol–water partition coefficient (Wildman–Crippen LogP) is 5.09. The lowest BCUT2D eigenvalue weighted by Gasteiger charge is -2.23. The van der Waals surface area contributed by atoms with E-state index in [9.17, 15) is 0 Å². The molecule has 100 valence electrons. The molecule has 0 spiro atoms. The van der Waals surface area contributed by atoms with E-state index in [4.69, 9.17) is 4.74 Å². The van der Waals surface area contributed by atoms with Crippen LogP contribution in [0.25, 0.3) is 10.8 Å². The summed E-state index contributed by atoms with van der Waals surface area (Å²) in [4.78, 5) is 0.381. The Hall–Kier alpha value is -0.860. The predicted molar refractivity (Wildman–Crippen MR) is 83.8 cm³/mol. The van der Waals surface area contributed by atoms with Crippen LogP contribution in [0.3, 0.4) is 0 Å². The Bertz CT molecular complexity index is 561. The second-order valence-electron chi connectivity index (χ2n) is 5.24. The van der Waals surface area contributed by atoms with Crippen LogP contribution >= 0.6 is 15.9 Å². The van der Waals surface area contributed by atoms with Gasteiger partial charge < -0.3 is 4.74 Å². The van der Waals surface area contributed by atoms with E-state index in [1.54, 1.807) is 0 Å². The quantitative estimate of drug-likeness (QED) is 0.716. The van der Waals surface area contributed by atoms with E-state index in [1.807, 2.05) is 0 Å². The molecule has 0 aliphatic carbocycles. The normalized spacial score (nSPS) is 24.7. The molecule has 1 heterocycles. The molecule has 0 saturated carbocycles. The van der Waals surface area contributed by atoms with Gasteiger partial charge in [0.1, 0.15) is 0 Å². The highest BCUT2D eigenvalue weighted by Gasteiger charge is 2.33. The van der Waals surface area contributed by atoms with Crippen molar-refractivity contribution in [3.8, 4) is 0 Å². The fraction of sp³-hybridized carbons (Fsp3) is 0.412. The monoisotopic (exact) mass is 318 g/mol. The average Bonchev–Trinajstić information content (AvgIpc) is 2.94. The molecule has 19 heavy (non-hydrogen) atoms. The molecule has 1 nitrogen and oxygen atoms in total. The summed E-state index contributed by atoms with van der Waals surface area (Å²) in [6.07, 6.45) is 2.64. The number of alkyl halides is 1. The van der Waals surface area contributed by atoms with Crippen molar-refractivity contribution in [1.82, 2.24) is 0 Å². The highest BCUT2D eigenvalue weighted by Crippen LogP contribution is 2.42. The van der Waals surface area contributed by atoms with Gasteiger partial charge in [0.25, 0.3) is 0 Å². The van der Waals surface area contributed by atoms with E-state index in [0.717, 1.165) is 19.4 Å². The molecule has 0 radical (unpaired) electrons. The van der Waals surface area contributed by atoms with Gasteiger partial charge in [-0.05, 0) is 29.2 Å². The molecule has 0 aromatic heterocycles. The first kappa shape index (κ1) is 13.1. The van der Waals surface area contributed by atoms with Crippen LogP contribution in [0.2, 0.25) is 0 Å². The highest BCUT2D eigenvalue weighted by atomic mass is 79.9. The molecule has 0 bridgehead atoms. The molecule has 3 unspecified atom stereocenters. The van der Waals surface area contributed by atoms with Gasteiger partial charge in [0, 0.05) is 17.4 Å². The largest absolute Gasteiger partial charge is 0.378 e. The first-order valence-electron chi connectivity index (χ1n) is 7.04. The van der Waals surface area contributed by atoms with Crippen LogP contribution in [0, 0.1) is 5.92 Å². The van der Waals surface area contributed by atoms with Gasteiger partial charge in [0.15, 0.2) is 0 Å². The summed E-state index contributed by atoms with van der Waals surface area (Å²) in [7, 11) is 0. The van der Waals surface area contributed by atoms with Crippen LogP contribution in [0.5, 0.6) is 0 Å². The Morgan fingerprint density at radius 1 is 1.21 bits per heavy atom. The van der Waals surface area contributed by atoms with E-state index >= 15 is 0 Å². The minimum absolute atomic E-state index is 0.381. The lowest BCUT2D eigenvalue weighted by Crippen LogP contribution is -2.19. The van der Waals surface area contributed by atoms with Crippen molar-refractivity contribution in [3.05, 3.63) is 48.0 Å². The molecule has 0 amide bonds. The number of hydrogen-bond donors (Lipinski definition) is 0. The molecule has 1 aliphatic heterocycles. The van der Waals surface area contributed by atoms with E-state index in [0.29, 0.717) is 16.8 Å². The summed E-state index contributed by atoms with van der Waals surface area (Å²) in [5, 5.41) is 2.67. The molecule has 1 aliphatic rings. The fourth-order valence-electron chi connectivity index (χ4n) is 3.14. The van der Waals surface area contributed by atoms with E-state index in [1.165, 1.54) is 16.3 Å². The molecule has 2 aromatic carbocycles. The number of ether oxygens (including phenoxy) is 1. The molecular weight excluding hydrogens is 300 g/mol. The van der Waals surface area contributed by atoms with E-state index in [-0.39, 0.29) is 0 Å². The number of halogens is 1. The molecule has 2 heteroatoms. The third kappa shape index (κ3) is 2.44. The first-order chi connectivity index (χ1) is 9.31. The summed E-state index contributed by atoms with van der Waals surface area (Å²) >= 11 is 3.94. The zero-order valence-electron chi connectivity index (χ0n) is 11.2. The number of fused-ring (bicyclic) bond motifs is 1. The first-order valence-corrected chi connectivity index (χ1v) is 7.96. The maximum atomic E-state index is 5.84. The third-order valence-corrected chi connectivity index (χ3v) is 5.33. The van der Waals surface area contributed by atoms with Crippen LogP contribution in [0.15, 0.2) is 42.5 Å². The highest BCUT2D eigenvalue weighted by molar-refractivity contribution is 9.09. The Labute approximate surface area is 123 Å². The summed E-state index contributed by atoms with van der Waals surface area (Å²) in [5.74, 6) is 0.579. The molecule has 1 saturated heterocycles. The smallest absolute Gasteiger partial charge is 0.0615 e. The van der Waals surface area contributed by atoms with Crippen molar-refractivity contribution in [2.45, 2.75) is 30.7 Å². The second-order valence-corrected chi connectivity index (χ2v) is 6.23. The molecule has 1 fully saturated rings. The molecular formula is C17H19BrO. The van der Waals surface area contributed by atoms with Crippen molar-refractivity contribution in [3.63, 3.8) is 0 Å². The summed E-state index contributed by atoms with van der Waals surface area (Å²) in [6.45, 7) is 3.11. The minimum Gasteiger partial charge on any atom is -0.378 e. The zero-order valence-corrected chi connectivity index (χ0v) is 12.8. The van der Waals surface area contributed by atoms with Gasteiger partial charge in [-0.25, -0.2) is 0 Å². The van der Waals surface area contributed by atoms with Gasteiger partial charge in [-0.15, -0.1) is 0 Å². The van der Waals surface area contributed by atoms with E-state index < -0.39 is 0 Å². The van der Waals surface area contributed by atoms with Gasteiger partial charge in [-0.1, -0.05) is 65.3 Å². The fourth-order valence-corrected chi connectivity index (χ4v) is 4.15. The Morgan fingerprint density at radius 3 is 2.84 bits per heavy atom. The van der Waals surface area contributed by atoms with Crippen LogP contribution < -0.4 is 0 Å². The number of benzene rings is 2. The summed E-state index contributed by atoms with van der Waals surface area (Å²) in [5.41, 5.74) is 1.40. The van der Waals surface area contributed by atoms with Crippen LogP contribution in [0.4, 0.5) is 0 Å². The van der Waals surface area contributed by atoms with Gasteiger partial charge in [0.05, 0.1) is 6.10 Å². The van der Waals surface area contributed by atoms with Crippen molar-refractivity contribution in [1.29, 1.82) is 0 Å². The maximum absolute atomic E-state index is 5.84. The minimum atomic E-state index is 0.381. The molecule has 3 atom stereocenters. The Balaban J connectivity index is 1.99. The zero-order chi connectivity index (χ0) is 13.2. The van der Waals surface area contributed by atoms with Crippen LogP contribution in [-0.2, 0) is 4.74 Å². The van der Waals surface area contributed by atoms with Gasteiger partial charge >= 0.3 is 0 Å². The SMILES string of the molecule is CCC1OCCC1C(Br)c1cccc2ccccc12. The van der Waals surface area contributed by atoms with Gasteiger partial charge in [-0.3, -0.25) is 0 Å². The molecule has 3 rings (SSSR count). The lowest BCUT2D eigenvalue weighted by molar-refractivity contribution is 0.0873. The topological polar surface area (TPSA) is 9.23 Å². The third-order valence-electron chi connectivity index (χ3n) is 4.16. The van der Waals surface area contributed by atoms with Gasteiger partial charge in [-0.2, -0.15) is 0 Å². The lowest BCUT2D eigenvalue weighted by atomic mass is 9.89. The number of rotatable bonds is 3. The molecule has 0 N–H and O–H groups in total. The van der Waals surface area contributed by atoms with Crippen LogP contribution in [-0.4, -0.2) is 12.7 Å². The van der Waals surface area contributed by atoms with Crippen molar-refractivity contribution >= 4 is 26.7 Å². The maximum Gasteiger partial charge on any atom is 0.0615 e. The van der Waals surface area contributed by atoms with Crippen molar-refractivity contribution in [2.24, 2.45) is 5.92 Å².